The van der Waals surface area contributed by atoms with Gasteiger partial charge in [-0.2, -0.15) is 0 Å². The molecule has 1 aromatic carbocycles. The van der Waals surface area contributed by atoms with Gasteiger partial charge >= 0.3 is 0 Å². The molecule has 20 heavy (non-hydrogen) atoms. The molecule has 108 valence electrons. The zero-order valence-electron chi connectivity index (χ0n) is 11.5. The summed E-state index contributed by atoms with van der Waals surface area (Å²) in [5, 5.41) is 5.30. The van der Waals surface area contributed by atoms with Gasteiger partial charge in [-0.15, -0.1) is 11.8 Å². The van der Waals surface area contributed by atoms with Gasteiger partial charge in [-0.1, -0.05) is 12.1 Å². The minimum absolute atomic E-state index is 0.0386. The number of rotatable bonds is 5. The number of amides is 2. The molecule has 0 spiro atoms. The first-order valence-corrected chi connectivity index (χ1v) is 7.69. The van der Waals surface area contributed by atoms with Gasteiger partial charge in [0.25, 0.3) is 0 Å². The van der Waals surface area contributed by atoms with Gasteiger partial charge < -0.3 is 15.5 Å². The van der Waals surface area contributed by atoms with Crippen LogP contribution in [0.4, 0.5) is 5.69 Å². The third-order valence-corrected chi connectivity index (χ3v) is 4.02. The summed E-state index contributed by atoms with van der Waals surface area (Å²) in [5.41, 5.74) is 1.09. The van der Waals surface area contributed by atoms with E-state index in [2.05, 4.69) is 21.6 Å². The Morgan fingerprint density at radius 2 is 2.05 bits per heavy atom. The molecule has 0 bridgehead atoms. The fourth-order valence-corrected chi connectivity index (χ4v) is 3.11. The van der Waals surface area contributed by atoms with Crippen LogP contribution in [0.3, 0.4) is 0 Å². The molecular formula is C14H19N3O2S. The van der Waals surface area contributed by atoms with Crippen molar-refractivity contribution >= 4 is 29.3 Å². The fraction of sp³-hybridized carbons (Fsp3) is 0.429. The quantitative estimate of drug-likeness (QED) is 0.845. The molecule has 0 fully saturated rings. The average Bonchev–Trinajstić information content (AvgIpc) is 2.46. The Kier molecular flexibility index (Phi) is 5.29. The van der Waals surface area contributed by atoms with Gasteiger partial charge in [-0.05, 0) is 19.1 Å². The Morgan fingerprint density at radius 1 is 1.25 bits per heavy atom. The molecule has 0 unspecified atom stereocenters. The van der Waals surface area contributed by atoms with Crippen LogP contribution in [0.5, 0.6) is 0 Å². The van der Waals surface area contributed by atoms with Crippen molar-refractivity contribution in [2.24, 2.45) is 0 Å². The summed E-state index contributed by atoms with van der Waals surface area (Å²) >= 11 is 1.81. The zero-order valence-corrected chi connectivity index (χ0v) is 12.3. The highest BCUT2D eigenvalue weighted by atomic mass is 32.2. The molecule has 2 amide bonds. The van der Waals surface area contributed by atoms with E-state index < -0.39 is 0 Å². The number of hydrogen-bond donors (Lipinski definition) is 2. The van der Waals surface area contributed by atoms with Crippen molar-refractivity contribution in [2.45, 2.75) is 11.8 Å². The van der Waals surface area contributed by atoms with Gasteiger partial charge in [0.1, 0.15) is 0 Å². The topological polar surface area (TPSA) is 61.4 Å². The number of nitrogens with one attached hydrogen (secondary N) is 2. The lowest BCUT2D eigenvalue weighted by Gasteiger charge is -2.30. The predicted octanol–water partition coefficient (Wildman–Crippen LogP) is 0.851. The number of thioether (sulfide) groups is 1. The fourth-order valence-electron chi connectivity index (χ4n) is 2.06. The van der Waals surface area contributed by atoms with E-state index in [1.807, 2.05) is 25.1 Å². The smallest absolute Gasteiger partial charge is 0.239 e. The summed E-state index contributed by atoms with van der Waals surface area (Å²) in [6.07, 6.45) is 0. The molecule has 1 aliphatic heterocycles. The second-order valence-corrected chi connectivity index (χ2v) is 5.60. The van der Waals surface area contributed by atoms with E-state index in [9.17, 15) is 9.59 Å². The number of nitrogens with zero attached hydrogens (tertiary/aromatic N) is 1. The van der Waals surface area contributed by atoms with Crippen molar-refractivity contribution in [1.29, 1.82) is 0 Å². The lowest BCUT2D eigenvalue weighted by atomic mass is 10.2. The Bertz CT molecular complexity index is 493. The minimum Gasteiger partial charge on any atom is -0.360 e. The number of likely N-dealkylation sites (N-methyl/N-ethyl adjacent to an activating group) is 1. The van der Waals surface area contributed by atoms with E-state index in [1.165, 1.54) is 4.90 Å². The van der Waals surface area contributed by atoms with Crippen molar-refractivity contribution in [2.75, 3.05) is 36.8 Å². The lowest BCUT2D eigenvalue weighted by Crippen LogP contribution is -2.43. The van der Waals surface area contributed by atoms with Gasteiger partial charge in [0.15, 0.2) is 0 Å². The molecule has 5 nitrogen and oxygen atoms in total. The molecule has 0 aromatic heterocycles. The van der Waals surface area contributed by atoms with Crippen LogP contribution in [0.1, 0.15) is 6.92 Å². The molecule has 2 N–H and O–H groups in total. The van der Waals surface area contributed by atoms with Gasteiger partial charge in [0.2, 0.25) is 11.8 Å². The van der Waals surface area contributed by atoms with Gasteiger partial charge in [-0.25, -0.2) is 0 Å². The van der Waals surface area contributed by atoms with Crippen LogP contribution >= 0.6 is 11.8 Å². The van der Waals surface area contributed by atoms with Crippen LogP contribution in [0, 0.1) is 0 Å². The van der Waals surface area contributed by atoms with Crippen LogP contribution < -0.4 is 15.5 Å². The Balaban J connectivity index is 1.88. The Morgan fingerprint density at radius 3 is 2.85 bits per heavy atom. The number of hydrogen-bond acceptors (Lipinski definition) is 4. The number of carbonyl (C=O) groups is 2. The summed E-state index contributed by atoms with van der Waals surface area (Å²) in [6.45, 7) is 3.59. The monoisotopic (exact) mass is 293 g/mol. The summed E-state index contributed by atoms with van der Waals surface area (Å²) in [5.74, 6) is 0.689. The van der Waals surface area contributed by atoms with Gasteiger partial charge in [0, 0.05) is 23.7 Å². The maximum Gasteiger partial charge on any atom is 0.239 e. The first kappa shape index (κ1) is 14.7. The van der Waals surface area contributed by atoms with E-state index in [1.54, 1.807) is 11.8 Å². The summed E-state index contributed by atoms with van der Waals surface area (Å²) < 4.78 is 0. The van der Waals surface area contributed by atoms with Gasteiger partial charge in [-0.3, -0.25) is 9.59 Å². The van der Waals surface area contributed by atoms with Gasteiger partial charge in [0.05, 0.1) is 18.8 Å². The maximum atomic E-state index is 11.9. The third kappa shape index (κ3) is 3.90. The van der Waals surface area contributed by atoms with Crippen molar-refractivity contribution in [3.63, 3.8) is 0 Å². The molecule has 0 radical (unpaired) electrons. The molecular weight excluding hydrogens is 274 g/mol. The number of para-hydroxylation sites is 1. The molecule has 1 aromatic rings. The highest BCUT2D eigenvalue weighted by Crippen LogP contribution is 2.33. The molecule has 0 aliphatic carbocycles. The van der Waals surface area contributed by atoms with Crippen molar-refractivity contribution < 1.29 is 9.59 Å². The largest absolute Gasteiger partial charge is 0.360 e. The summed E-state index contributed by atoms with van der Waals surface area (Å²) in [6, 6.07) is 8.08. The Labute approximate surface area is 123 Å². The zero-order chi connectivity index (χ0) is 14.4. The van der Waals surface area contributed by atoms with Crippen molar-refractivity contribution in [1.82, 2.24) is 10.6 Å². The molecule has 2 rings (SSSR count). The average molecular weight is 293 g/mol. The molecule has 0 saturated carbocycles. The molecule has 0 atom stereocenters. The van der Waals surface area contributed by atoms with Crippen molar-refractivity contribution in [3.8, 4) is 0 Å². The maximum absolute atomic E-state index is 11.9. The number of anilines is 1. The van der Waals surface area contributed by atoms with Crippen molar-refractivity contribution in [3.05, 3.63) is 24.3 Å². The van der Waals surface area contributed by atoms with Crippen LogP contribution in [-0.4, -0.2) is 43.7 Å². The highest BCUT2D eigenvalue weighted by Gasteiger charge is 2.19. The number of fused-ring (bicyclic) bond motifs is 1. The number of benzene rings is 1. The SMILES string of the molecule is CCNC(=O)CNC(=O)CN1CCSc2ccccc21. The number of carbonyl (C=O) groups excluding carboxylic acids is 2. The Hall–Kier alpha value is -1.69. The first-order chi connectivity index (χ1) is 9.70. The van der Waals surface area contributed by atoms with E-state index >= 15 is 0 Å². The molecule has 1 heterocycles. The highest BCUT2D eigenvalue weighted by molar-refractivity contribution is 7.99. The molecule has 0 saturated heterocycles. The lowest BCUT2D eigenvalue weighted by molar-refractivity contribution is -0.125. The van der Waals surface area contributed by atoms with Crippen LogP contribution in [0.15, 0.2) is 29.2 Å². The second-order valence-electron chi connectivity index (χ2n) is 4.47. The van der Waals surface area contributed by atoms with Crippen LogP contribution in [0.25, 0.3) is 0 Å². The molecule has 1 aliphatic rings. The van der Waals surface area contributed by atoms with E-state index in [4.69, 9.17) is 0 Å². The van der Waals surface area contributed by atoms with Crippen LogP contribution in [-0.2, 0) is 9.59 Å². The normalized spacial score (nSPS) is 13.6. The third-order valence-electron chi connectivity index (χ3n) is 2.98. The summed E-state index contributed by atoms with van der Waals surface area (Å²) in [7, 11) is 0. The standard InChI is InChI=1S/C14H19N3O2S/c1-2-15-13(18)9-16-14(19)10-17-7-8-20-12-6-4-3-5-11(12)17/h3-6H,2,7-10H2,1H3,(H,15,18)(H,16,19). The van der Waals surface area contributed by atoms with E-state index in [-0.39, 0.29) is 24.9 Å². The van der Waals surface area contributed by atoms with Crippen LogP contribution in [0.2, 0.25) is 0 Å². The minimum atomic E-state index is -0.157. The summed E-state index contributed by atoms with van der Waals surface area (Å²) in [4.78, 5) is 26.4. The van der Waals surface area contributed by atoms with E-state index in [0.717, 1.165) is 18.0 Å². The predicted molar refractivity (Wildman–Crippen MR) is 81.1 cm³/mol. The van der Waals surface area contributed by atoms with E-state index in [0.29, 0.717) is 6.54 Å². The first-order valence-electron chi connectivity index (χ1n) is 6.71. The molecule has 6 heteroatoms. The second kappa shape index (κ2) is 7.19.